The first-order valence-corrected chi connectivity index (χ1v) is 13.3. The molecule has 14 heteroatoms. The summed E-state index contributed by atoms with van der Waals surface area (Å²) >= 11 is 1.88. The minimum absolute atomic E-state index is 0.00363. The number of thioether (sulfide) groups is 1. The maximum Gasteiger partial charge on any atom is 0.329 e. The Bertz CT molecular complexity index is 700. The van der Waals surface area contributed by atoms with Crippen molar-refractivity contribution in [2.24, 2.45) is 0 Å². The monoisotopic (exact) mass is 534 g/mol. The first-order chi connectivity index (χ1) is 17.5. The van der Waals surface area contributed by atoms with E-state index in [2.05, 4.69) is 21.3 Å². The molecule has 0 radical (unpaired) electrons. The Morgan fingerprint density at radius 2 is 1.50 bits per heavy atom. The van der Waals surface area contributed by atoms with E-state index < -0.39 is 5.97 Å². The van der Waals surface area contributed by atoms with Crippen LogP contribution in [0.25, 0.3) is 0 Å². The molecule has 206 valence electrons. The van der Waals surface area contributed by atoms with Crippen molar-refractivity contribution in [3.05, 3.63) is 0 Å². The molecule has 0 aromatic carbocycles. The van der Waals surface area contributed by atoms with Gasteiger partial charge in [-0.2, -0.15) is 11.8 Å². The van der Waals surface area contributed by atoms with Gasteiger partial charge in [-0.05, 0) is 12.8 Å². The predicted octanol–water partition coefficient (Wildman–Crippen LogP) is -0.904. The minimum Gasteiger partial charge on any atom is -0.480 e. The van der Waals surface area contributed by atoms with Gasteiger partial charge in [0.1, 0.15) is 13.2 Å². The van der Waals surface area contributed by atoms with Crippen LogP contribution >= 0.6 is 11.8 Å². The molecule has 2 aliphatic heterocycles. The second-order valence-corrected chi connectivity index (χ2v) is 9.56. The van der Waals surface area contributed by atoms with Gasteiger partial charge in [0, 0.05) is 30.5 Å². The molecule has 0 aromatic rings. The zero-order valence-electron chi connectivity index (χ0n) is 20.5. The highest BCUT2D eigenvalue weighted by Crippen LogP contribution is 2.33. The van der Waals surface area contributed by atoms with Crippen molar-refractivity contribution < 1.29 is 43.2 Å². The number of unbranched alkanes of at least 4 members (excludes halogenated alkanes) is 1. The highest BCUT2D eigenvalue weighted by molar-refractivity contribution is 8.00. The summed E-state index contributed by atoms with van der Waals surface area (Å²) in [5.41, 5.74) is 0. The van der Waals surface area contributed by atoms with Crippen molar-refractivity contribution >= 4 is 35.6 Å². The summed E-state index contributed by atoms with van der Waals surface area (Å²) in [5, 5.41) is 20.2. The highest BCUT2D eigenvalue weighted by Gasteiger charge is 2.42. The van der Waals surface area contributed by atoms with Gasteiger partial charge in [-0.1, -0.05) is 6.42 Å². The van der Waals surface area contributed by atoms with Crippen LogP contribution in [0.15, 0.2) is 0 Å². The number of hydrogen-bond donors (Lipinski definition) is 5. The Kier molecular flexibility index (Phi) is 15.2. The quantitative estimate of drug-likeness (QED) is 0.0917. The molecule has 2 fully saturated rings. The summed E-state index contributed by atoms with van der Waals surface area (Å²) in [6.45, 7) is 1.92. The lowest BCUT2D eigenvalue weighted by molar-refractivity contribution is -0.142. The molecule has 0 aliphatic carbocycles. The Morgan fingerprint density at radius 1 is 0.861 bits per heavy atom. The molecule has 2 rings (SSSR count). The van der Waals surface area contributed by atoms with Crippen LogP contribution in [0.1, 0.15) is 25.7 Å². The van der Waals surface area contributed by atoms with Gasteiger partial charge in [0.05, 0.1) is 51.7 Å². The zero-order valence-corrected chi connectivity index (χ0v) is 21.3. The van der Waals surface area contributed by atoms with Crippen LogP contribution in [0, 0.1) is 0 Å². The van der Waals surface area contributed by atoms with Crippen LogP contribution in [0.5, 0.6) is 0 Å². The van der Waals surface area contributed by atoms with Crippen molar-refractivity contribution in [3.63, 3.8) is 0 Å². The first-order valence-electron chi connectivity index (χ1n) is 12.2. The first kappa shape index (κ1) is 30.1. The third-order valence-corrected chi connectivity index (χ3v) is 6.93. The number of aliphatic carboxylic acids is 1. The minimum atomic E-state index is -1.03. The van der Waals surface area contributed by atoms with Crippen LogP contribution in [0.4, 0.5) is 4.79 Å². The average molecular weight is 535 g/mol. The van der Waals surface area contributed by atoms with Gasteiger partial charge in [-0.15, -0.1) is 0 Å². The molecular weight excluding hydrogens is 496 g/mol. The van der Waals surface area contributed by atoms with Gasteiger partial charge >= 0.3 is 12.0 Å². The Hall–Kier alpha value is -2.13. The zero-order chi connectivity index (χ0) is 26.0. The van der Waals surface area contributed by atoms with Crippen molar-refractivity contribution in [1.82, 2.24) is 21.3 Å². The number of rotatable bonds is 21. The number of fused-ring (bicyclic) bond motifs is 1. The summed E-state index contributed by atoms with van der Waals surface area (Å²) in [7, 11) is 0. The van der Waals surface area contributed by atoms with E-state index in [9.17, 15) is 19.2 Å². The number of carbonyl (C=O) groups is 4. The summed E-state index contributed by atoms with van der Waals surface area (Å²) < 4.78 is 20.6. The van der Waals surface area contributed by atoms with Gasteiger partial charge in [0.25, 0.3) is 0 Å². The molecule has 2 aliphatic rings. The Morgan fingerprint density at radius 3 is 2.19 bits per heavy atom. The molecule has 2 saturated heterocycles. The number of carbonyl (C=O) groups excluding carboxylic acids is 3. The van der Waals surface area contributed by atoms with Crippen LogP contribution in [0.2, 0.25) is 0 Å². The number of nitrogens with one attached hydrogen (secondary N) is 4. The van der Waals surface area contributed by atoms with Crippen molar-refractivity contribution in [1.29, 1.82) is 0 Å². The van der Waals surface area contributed by atoms with Crippen molar-refractivity contribution in [3.8, 4) is 0 Å². The van der Waals surface area contributed by atoms with Crippen molar-refractivity contribution in [2.75, 3.05) is 71.7 Å². The van der Waals surface area contributed by atoms with Crippen LogP contribution in [-0.4, -0.2) is 118 Å². The Labute approximate surface area is 215 Å². The van der Waals surface area contributed by atoms with Crippen LogP contribution in [-0.2, 0) is 33.3 Å². The standard InChI is InChI=1S/C22H38N4O9S/c27-18(4-2-1-3-17-21-16(15-36-17)25-22(31)26-21)23-5-7-32-9-11-34-13-19(28)24-6-8-33-10-12-35-14-20(29)30/h16-17,21H,1-15H2,(H,23,27)(H,24,28)(H,29,30)(H2,25,26,31)/t16-,17-,21-/m0/s1. The molecule has 0 saturated carbocycles. The highest BCUT2D eigenvalue weighted by atomic mass is 32.2. The van der Waals surface area contributed by atoms with Gasteiger partial charge < -0.3 is 45.3 Å². The molecule has 5 N–H and O–H groups in total. The molecule has 0 bridgehead atoms. The van der Waals surface area contributed by atoms with E-state index in [0.717, 1.165) is 25.0 Å². The number of urea groups is 1. The smallest absolute Gasteiger partial charge is 0.329 e. The van der Waals surface area contributed by atoms with E-state index in [1.165, 1.54) is 0 Å². The molecule has 0 aromatic heterocycles. The predicted molar refractivity (Wildman–Crippen MR) is 131 cm³/mol. The second-order valence-electron chi connectivity index (χ2n) is 8.29. The molecule has 4 amide bonds. The number of carboxylic acid groups (broad SMARTS) is 1. The third kappa shape index (κ3) is 13.3. The molecular formula is C22H38N4O9S. The van der Waals surface area contributed by atoms with E-state index in [0.29, 0.717) is 38.0 Å². The molecule has 2 heterocycles. The topological polar surface area (TPSA) is 174 Å². The maximum atomic E-state index is 11.9. The van der Waals surface area contributed by atoms with E-state index in [4.69, 9.17) is 24.1 Å². The molecule has 36 heavy (non-hydrogen) atoms. The number of hydrogen-bond acceptors (Lipinski definition) is 9. The molecule has 13 nitrogen and oxygen atoms in total. The average Bonchev–Trinajstić information content (AvgIpc) is 3.39. The van der Waals surface area contributed by atoms with Crippen LogP contribution < -0.4 is 21.3 Å². The van der Waals surface area contributed by atoms with E-state index in [1.807, 2.05) is 11.8 Å². The number of ether oxygens (including phenoxy) is 4. The van der Waals surface area contributed by atoms with Gasteiger partial charge in [-0.25, -0.2) is 9.59 Å². The normalized spacial score (nSPS) is 20.4. The lowest BCUT2D eigenvalue weighted by Crippen LogP contribution is -2.36. The fourth-order valence-corrected chi connectivity index (χ4v) is 5.25. The second kappa shape index (κ2) is 18.2. The van der Waals surface area contributed by atoms with Crippen molar-refractivity contribution in [2.45, 2.75) is 43.0 Å². The molecule has 0 unspecified atom stereocenters. The summed E-state index contributed by atoms with van der Waals surface area (Å²) in [5.74, 6) is -0.367. The van der Waals surface area contributed by atoms with E-state index >= 15 is 0 Å². The van der Waals surface area contributed by atoms with Gasteiger partial charge in [0.2, 0.25) is 11.8 Å². The molecule has 3 atom stereocenters. The fraction of sp³-hybridized carbons (Fsp3) is 0.818. The summed E-state index contributed by atoms with van der Waals surface area (Å²) in [4.78, 5) is 45.2. The Balaban J connectivity index is 1.30. The van der Waals surface area contributed by atoms with Crippen LogP contribution in [0.3, 0.4) is 0 Å². The number of amides is 4. The fourth-order valence-electron chi connectivity index (χ4n) is 3.70. The summed E-state index contributed by atoms with van der Waals surface area (Å²) in [6.07, 6.45) is 3.22. The summed E-state index contributed by atoms with van der Waals surface area (Å²) in [6, 6.07) is 0.360. The third-order valence-electron chi connectivity index (χ3n) is 5.42. The maximum absolute atomic E-state index is 11.9. The molecule has 0 spiro atoms. The van der Waals surface area contributed by atoms with Gasteiger partial charge in [0.15, 0.2) is 0 Å². The van der Waals surface area contributed by atoms with E-state index in [1.54, 1.807) is 0 Å². The lowest BCUT2D eigenvalue weighted by atomic mass is 10.0. The number of carboxylic acids is 1. The SMILES string of the molecule is O=C(O)COCCOCCNC(=O)COCCOCCNC(=O)CCCC[C@@H]1SC[C@@H]2NC(=O)N[C@@H]21. The lowest BCUT2D eigenvalue weighted by Gasteiger charge is -2.16. The van der Waals surface area contributed by atoms with Gasteiger partial charge in [-0.3, -0.25) is 9.59 Å². The van der Waals surface area contributed by atoms with E-state index in [-0.39, 0.29) is 69.6 Å². The largest absolute Gasteiger partial charge is 0.480 e.